The predicted molar refractivity (Wildman–Crippen MR) is 151 cm³/mol. The molecule has 0 saturated heterocycles. The summed E-state index contributed by atoms with van der Waals surface area (Å²) in [6.07, 6.45) is 0. The van der Waals surface area contributed by atoms with Crippen LogP contribution in [0, 0.1) is 22.7 Å². The Morgan fingerprint density at radius 1 is 0.667 bits per heavy atom. The van der Waals surface area contributed by atoms with Crippen LogP contribution in [0.25, 0.3) is 10.1 Å². The third-order valence-electron chi connectivity index (χ3n) is 5.39. The molecule has 0 aromatic heterocycles. The van der Waals surface area contributed by atoms with Crippen LogP contribution in [0.4, 0.5) is 17.1 Å². The summed E-state index contributed by atoms with van der Waals surface area (Å²) in [5, 5.41) is 18.8. The van der Waals surface area contributed by atoms with Gasteiger partial charge in [-0.3, -0.25) is 0 Å². The van der Waals surface area contributed by atoms with E-state index in [2.05, 4.69) is 0 Å². The topological polar surface area (TPSA) is 103 Å². The number of hydrogen-bond acceptors (Lipinski definition) is 7. The first-order valence-electron chi connectivity index (χ1n) is 11.9. The molecule has 0 unspecified atom stereocenters. The summed E-state index contributed by atoms with van der Waals surface area (Å²) in [4.78, 5) is 26.1. The molecule has 7 nitrogen and oxygen atoms in total. The van der Waals surface area contributed by atoms with Crippen LogP contribution in [0.3, 0.4) is 0 Å². The second-order valence-corrected chi connectivity index (χ2v) is 8.56. The van der Waals surface area contributed by atoms with Gasteiger partial charge in [0.15, 0.2) is 11.1 Å². The summed E-state index contributed by atoms with van der Waals surface area (Å²) in [5.74, 6) is -1.56. The Hall–Kier alpha value is -4.56. The van der Waals surface area contributed by atoms with Crippen molar-refractivity contribution in [1.82, 2.24) is 0 Å². The molecule has 0 amide bonds. The zero-order chi connectivity index (χ0) is 28.4. The first-order chi connectivity index (χ1) is 18.9. The highest BCUT2D eigenvalue weighted by Gasteiger charge is 2.19. The van der Waals surface area contributed by atoms with Crippen LogP contribution < -0.4 is 4.90 Å². The van der Waals surface area contributed by atoms with E-state index in [-0.39, 0.29) is 34.4 Å². The van der Waals surface area contributed by atoms with E-state index in [1.807, 2.05) is 47.4 Å². The molecule has 39 heavy (non-hydrogen) atoms. The maximum atomic E-state index is 12.1. The van der Waals surface area contributed by atoms with Crippen molar-refractivity contribution >= 4 is 62.3 Å². The number of para-hydroxylation sites is 1. The molecule has 0 saturated carbocycles. The maximum absolute atomic E-state index is 12.1. The molecule has 0 N–H and O–H groups in total. The normalized spacial score (nSPS) is 11.7. The van der Waals surface area contributed by atoms with Crippen molar-refractivity contribution in [2.45, 2.75) is 13.8 Å². The van der Waals surface area contributed by atoms with Gasteiger partial charge in [0, 0.05) is 17.1 Å². The molecule has 9 heteroatoms. The van der Waals surface area contributed by atoms with Crippen LogP contribution in [0.2, 0.25) is 0 Å². The minimum atomic E-state index is -0.782. The van der Waals surface area contributed by atoms with E-state index in [1.54, 1.807) is 62.4 Å². The van der Waals surface area contributed by atoms with Crippen LogP contribution in [-0.4, -0.2) is 25.2 Å². The van der Waals surface area contributed by atoms with Crippen molar-refractivity contribution in [3.8, 4) is 12.1 Å². The Labute approximate surface area is 236 Å². The number of nitrogens with zero attached hydrogens (tertiary/aromatic N) is 3. The molecule has 0 radical (unpaired) electrons. The van der Waals surface area contributed by atoms with Gasteiger partial charge in [0.2, 0.25) is 0 Å². The minimum absolute atomic E-state index is 0.00515. The lowest BCUT2D eigenvalue weighted by atomic mass is 10.1. The number of anilines is 3. The lowest BCUT2D eigenvalue weighted by molar-refractivity contribution is -0.138. The quantitative estimate of drug-likeness (QED) is 0.155. The predicted octanol–water partition coefficient (Wildman–Crippen LogP) is 7.23. The highest BCUT2D eigenvalue weighted by atomic mass is 35.5. The summed E-state index contributed by atoms with van der Waals surface area (Å²) < 4.78 is 9.84. The summed E-state index contributed by atoms with van der Waals surface area (Å²) in [5.41, 5.74) is 2.80. The zero-order valence-electron chi connectivity index (χ0n) is 21.2. The molecule has 196 valence electrons. The lowest BCUT2D eigenvalue weighted by Crippen LogP contribution is -2.10. The van der Waals surface area contributed by atoms with E-state index in [0.717, 1.165) is 17.1 Å². The molecule has 0 bridgehead atoms. The van der Waals surface area contributed by atoms with Gasteiger partial charge in [-0.15, -0.1) is 0 Å². The van der Waals surface area contributed by atoms with Gasteiger partial charge in [0.25, 0.3) is 0 Å². The largest absolute Gasteiger partial charge is 0.462 e. The van der Waals surface area contributed by atoms with Gasteiger partial charge < -0.3 is 14.4 Å². The first kappa shape index (κ1) is 29.0. The molecule has 3 aromatic rings. The number of halogens is 2. The number of benzene rings is 3. The fraction of sp³-hybridized carbons (Fsp3) is 0.133. The lowest BCUT2D eigenvalue weighted by Gasteiger charge is -2.26. The highest BCUT2D eigenvalue weighted by molar-refractivity contribution is 6.51. The van der Waals surface area contributed by atoms with Gasteiger partial charge in [-0.2, -0.15) is 10.5 Å². The number of rotatable bonds is 9. The van der Waals surface area contributed by atoms with Crippen molar-refractivity contribution < 1.29 is 19.1 Å². The number of esters is 2. The fourth-order valence-electron chi connectivity index (χ4n) is 3.60. The maximum Gasteiger partial charge on any atom is 0.350 e. The molecule has 0 aliphatic carbocycles. The number of carbonyl (C=O) groups is 2. The molecule has 0 aliphatic heterocycles. The number of nitriles is 2. The standard InChI is InChI=1S/C30H23Cl2N3O4/c1-3-38-29(36)25(18-33)27(31)20-10-14-23(15-11-20)35(22-8-6-5-7-9-22)24-16-12-21(13-17-24)28(32)26(19-34)30(37)39-4-2/h5-17H,3-4H2,1-2H3. The van der Waals surface area contributed by atoms with E-state index in [1.165, 1.54) is 0 Å². The number of hydrogen-bond donors (Lipinski definition) is 0. The van der Waals surface area contributed by atoms with E-state index < -0.39 is 11.9 Å². The average molecular weight is 560 g/mol. The van der Waals surface area contributed by atoms with Crippen LogP contribution in [-0.2, 0) is 19.1 Å². The van der Waals surface area contributed by atoms with Crippen LogP contribution in [0.1, 0.15) is 25.0 Å². The Bertz CT molecular complexity index is 1390. The smallest absolute Gasteiger partial charge is 0.350 e. The molecule has 0 spiro atoms. The summed E-state index contributed by atoms with van der Waals surface area (Å²) in [6.45, 7) is 3.54. The van der Waals surface area contributed by atoms with E-state index >= 15 is 0 Å². The summed E-state index contributed by atoms with van der Waals surface area (Å²) in [6, 6.07) is 27.3. The number of carbonyl (C=O) groups excluding carboxylic acids is 2. The van der Waals surface area contributed by atoms with Crippen LogP contribution in [0.5, 0.6) is 0 Å². The van der Waals surface area contributed by atoms with Crippen LogP contribution in [0.15, 0.2) is 90.0 Å². The van der Waals surface area contributed by atoms with Gasteiger partial charge in [0.1, 0.15) is 12.1 Å². The third-order valence-corrected chi connectivity index (χ3v) is 6.21. The van der Waals surface area contributed by atoms with Gasteiger partial charge in [-0.05, 0) is 61.4 Å². The second kappa shape index (κ2) is 13.8. The molecular weight excluding hydrogens is 537 g/mol. The molecule has 0 fully saturated rings. The molecule has 0 aliphatic rings. The Kier molecular flexibility index (Phi) is 10.3. The summed E-state index contributed by atoms with van der Waals surface area (Å²) >= 11 is 12.7. The highest BCUT2D eigenvalue weighted by Crippen LogP contribution is 2.37. The third kappa shape index (κ3) is 6.86. The van der Waals surface area contributed by atoms with Gasteiger partial charge in [-0.25, -0.2) is 9.59 Å². The van der Waals surface area contributed by atoms with E-state index in [0.29, 0.717) is 11.1 Å². The van der Waals surface area contributed by atoms with Crippen molar-refractivity contribution in [2.75, 3.05) is 18.1 Å². The Balaban J connectivity index is 2.03. The monoisotopic (exact) mass is 559 g/mol. The van der Waals surface area contributed by atoms with Gasteiger partial charge >= 0.3 is 11.9 Å². The molecule has 3 aromatic carbocycles. The van der Waals surface area contributed by atoms with Gasteiger partial charge in [-0.1, -0.05) is 65.7 Å². The second-order valence-electron chi connectivity index (χ2n) is 7.81. The molecule has 0 heterocycles. The zero-order valence-corrected chi connectivity index (χ0v) is 22.7. The molecule has 0 atom stereocenters. The van der Waals surface area contributed by atoms with Crippen molar-refractivity contribution in [3.63, 3.8) is 0 Å². The van der Waals surface area contributed by atoms with Crippen LogP contribution >= 0.6 is 23.2 Å². The Morgan fingerprint density at radius 2 is 1.03 bits per heavy atom. The Morgan fingerprint density at radius 3 is 1.36 bits per heavy atom. The minimum Gasteiger partial charge on any atom is -0.462 e. The van der Waals surface area contributed by atoms with Crippen molar-refractivity contribution in [1.29, 1.82) is 10.5 Å². The summed E-state index contributed by atoms with van der Waals surface area (Å²) in [7, 11) is 0. The number of ether oxygens (including phenoxy) is 2. The van der Waals surface area contributed by atoms with Crippen molar-refractivity contribution in [3.05, 3.63) is 101 Å². The van der Waals surface area contributed by atoms with Gasteiger partial charge in [0.05, 0.1) is 23.3 Å². The molecular formula is C30H23Cl2N3O4. The SMILES string of the molecule is CCOC(=O)C(C#N)=C(Cl)c1ccc(N(c2ccccc2)c2ccc(C(Cl)=C(C#N)C(=O)OCC)cc2)cc1. The first-order valence-corrected chi connectivity index (χ1v) is 12.6. The average Bonchev–Trinajstić information content (AvgIpc) is 2.95. The van der Waals surface area contributed by atoms with E-state index in [4.69, 9.17) is 32.7 Å². The van der Waals surface area contributed by atoms with Crippen molar-refractivity contribution in [2.24, 2.45) is 0 Å². The molecule has 3 rings (SSSR count). The van der Waals surface area contributed by atoms with E-state index in [9.17, 15) is 20.1 Å². The fourth-order valence-corrected chi connectivity index (χ4v) is 4.09.